The Morgan fingerprint density at radius 2 is 2.07 bits per heavy atom. The maximum Gasteiger partial charge on any atom is 0.199 e. The summed E-state index contributed by atoms with van der Waals surface area (Å²) in [6.45, 7) is -0.0737. The number of halogens is 2. The first kappa shape index (κ1) is 20.2. The predicted molar refractivity (Wildman–Crippen MR) is 118 cm³/mol. The predicted octanol–water partition coefficient (Wildman–Crippen LogP) is 3.59. The van der Waals surface area contributed by atoms with Gasteiger partial charge in [0.05, 0.1) is 28.6 Å². The second-order valence-corrected chi connectivity index (χ2v) is 8.11. The summed E-state index contributed by atoms with van der Waals surface area (Å²) < 4.78 is 7.68. The highest BCUT2D eigenvalue weighted by molar-refractivity contribution is 9.11. The molecule has 0 aliphatic carbocycles. The molecule has 2 heterocycles. The molecule has 0 aliphatic rings. The topological polar surface area (TPSA) is 132 Å². The number of anilines is 1. The number of carbonyl (C=O) groups excluding carboxylic acids is 1. The monoisotopic (exact) mass is 532 g/mol. The van der Waals surface area contributed by atoms with Gasteiger partial charge in [0.2, 0.25) is 0 Å². The minimum absolute atomic E-state index is 0.00759. The van der Waals surface area contributed by atoms with Crippen LogP contribution in [0.2, 0.25) is 0 Å². The molecule has 0 fully saturated rings. The van der Waals surface area contributed by atoms with Crippen LogP contribution in [-0.2, 0) is 11.3 Å². The van der Waals surface area contributed by atoms with Gasteiger partial charge >= 0.3 is 0 Å². The molecule has 3 N–H and O–H groups in total. The van der Waals surface area contributed by atoms with Crippen LogP contribution < -0.4 is 5.73 Å². The van der Waals surface area contributed by atoms with Crippen molar-refractivity contribution in [3.8, 4) is 17.3 Å². The van der Waals surface area contributed by atoms with E-state index < -0.39 is 0 Å². The fourth-order valence-electron chi connectivity index (χ4n) is 2.92. The first-order valence-corrected chi connectivity index (χ1v) is 10.3. The number of aliphatic imine (C=N–C) groups is 1. The Morgan fingerprint density at radius 3 is 2.83 bits per heavy atom. The minimum atomic E-state index is -0.167. The third kappa shape index (κ3) is 3.98. The molecule has 152 valence electrons. The second-order valence-electron chi connectivity index (χ2n) is 6.34. The summed E-state index contributed by atoms with van der Waals surface area (Å²) in [6.07, 6.45) is 1.45. The van der Waals surface area contributed by atoms with Crippen molar-refractivity contribution in [1.29, 1.82) is 0 Å². The van der Waals surface area contributed by atoms with Crippen LogP contribution >= 0.6 is 31.9 Å². The summed E-state index contributed by atoms with van der Waals surface area (Å²) in [7, 11) is 0. The lowest BCUT2D eigenvalue weighted by molar-refractivity contribution is -0.118. The summed E-state index contributed by atoms with van der Waals surface area (Å²) in [4.78, 5) is 21.3. The number of imidazole rings is 1. The Hall–Kier alpha value is -3.05. The number of rotatable bonds is 6. The number of benzene rings is 2. The van der Waals surface area contributed by atoms with E-state index in [1.807, 2.05) is 24.3 Å². The largest absolute Gasteiger partial charge is 0.506 e. The molecule has 2 aromatic carbocycles. The second kappa shape index (κ2) is 8.36. The molecule has 0 amide bonds. The SMILES string of the molecule is Nc1nonc1-c1nc2ccccc2n1CC(=O)CN=Cc1cc(Br)cc(Br)c1O. The van der Waals surface area contributed by atoms with Crippen molar-refractivity contribution in [2.75, 3.05) is 12.3 Å². The number of aromatic hydroxyl groups is 1. The summed E-state index contributed by atoms with van der Waals surface area (Å²) in [5.74, 6) is 0.360. The highest BCUT2D eigenvalue weighted by Gasteiger charge is 2.20. The average molecular weight is 534 g/mol. The number of nitrogens with zero attached hydrogens (tertiary/aromatic N) is 5. The number of fused-ring (bicyclic) bond motifs is 1. The van der Waals surface area contributed by atoms with E-state index in [-0.39, 0.29) is 36.1 Å². The van der Waals surface area contributed by atoms with Crippen molar-refractivity contribution in [3.63, 3.8) is 0 Å². The molecule has 0 saturated carbocycles. The van der Waals surface area contributed by atoms with Crippen LogP contribution in [0.4, 0.5) is 5.82 Å². The number of nitrogen functional groups attached to an aromatic ring is 1. The number of ketones is 1. The highest BCUT2D eigenvalue weighted by Crippen LogP contribution is 2.30. The van der Waals surface area contributed by atoms with Crippen molar-refractivity contribution in [2.45, 2.75) is 6.54 Å². The summed E-state index contributed by atoms with van der Waals surface area (Å²) in [6, 6.07) is 10.8. The number of aromatic nitrogens is 4. The van der Waals surface area contributed by atoms with E-state index >= 15 is 0 Å². The van der Waals surface area contributed by atoms with Gasteiger partial charge in [-0.05, 0) is 50.5 Å². The maximum absolute atomic E-state index is 12.6. The molecular formula is C19H14Br2N6O3. The van der Waals surface area contributed by atoms with Crippen LogP contribution in [0.3, 0.4) is 0 Å². The smallest absolute Gasteiger partial charge is 0.199 e. The molecule has 30 heavy (non-hydrogen) atoms. The summed E-state index contributed by atoms with van der Waals surface area (Å²) in [5.41, 5.74) is 8.01. The number of phenolic OH excluding ortho intramolecular Hbond substituents is 1. The molecule has 0 spiro atoms. The number of carbonyl (C=O) groups is 1. The molecule has 0 saturated heterocycles. The normalized spacial score (nSPS) is 11.5. The lowest BCUT2D eigenvalue weighted by Crippen LogP contribution is -2.14. The minimum Gasteiger partial charge on any atom is -0.506 e. The summed E-state index contributed by atoms with van der Waals surface area (Å²) >= 11 is 6.62. The van der Waals surface area contributed by atoms with Gasteiger partial charge in [0.15, 0.2) is 23.1 Å². The van der Waals surface area contributed by atoms with Crippen LogP contribution in [0.1, 0.15) is 5.56 Å². The first-order valence-electron chi connectivity index (χ1n) is 8.67. The summed E-state index contributed by atoms with van der Waals surface area (Å²) in [5, 5.41) is 17.5. The molecule has 9 nitrogen and oxygen atoms in total. The van der Waals surface area contributed by atoms with Gasteiger partial charge in [0, 0.05) is 16.3 Å². The molecule has 0 aliphatic heterocycles. The number of hydrogen-bond donors (Lipinski definition) is 2. The van der Waals surface area contributed by atoms with E-state index in [1.165, 1.54) is 6.21 Å². The van der Waals surface area contributed by atoms with Crippen molar-refractivity contribution in [2.24, 2.45) is 4.99 Å². The van der Waals surface area contributed by atoms with Gasteiger partial charge in [-0.15, -0.1) is 0 Å². The van der Waals surface area contributed by atoms with E-state index in [1.54, 1.807) is 16.7 Å². The highest BCUT2D eigenvalue weighted by atomic mass is 79.9. The molecule has 4 rings (SSSR count). The third-order valence-electron chi connectivity index (χ3n) is 4.27. The van der Waals surface area contributed by atoms with Crippen LogP contribution in [0.15, 0.2) is 55.0 Å². The van der Waals surface area contributed by atoms with E-state index in [0.717, 1.165) is 9.99 Å². The zero-order valence-electron chi connectivity index (χ0n) is 15.3. The molecule has 0 atom stereocenters. The van der Waals surface area contributed by atoms with Crippen molar-refractivity contribution in [1.82, 2.24) is 19.9 Å². The first-order chi connectivity index (χ1) is 14.4. The van der Waals surface area contributed by atoms with Crippen LogP contribution in [0.25, 0.3) is 22.6 Å². The lowest BCUT2D eigenvalue weighted by Gasteiger charge is -2.06. The van der Waals surface area contributed by atoms with Gasteiger partial charge in [-0.1, -0.05) is 28.1 Å². The van der Waals surface area contributed by atoms with Gasteiger partial charge in [-0.25, -0.2) is 9.61 Å². The van der Waals surface area contributed by atoms with Crippen LogP contribution in [0, 0.1) is 0 Å². The third-order valence-corrected chi connectivity index (χ3v) is 5.33. The maximum atomic E-state index is 12.6. The lowest BCUT2D eigenvalue weighted by atomic mass is 10.2. The molecule has 4 aromatic rings. The number of phenols is 1. The Kier molecular flexibility index (Phi) is 5.64. The van der Waals surface area contributed by atoms with Crippen LogP contribution in [0.5, 0.6) is 5.75 Å². The van der Waals surface area contributed by atoms with Gasteiger partial charge in [-0.3, -0.25) is 9.79 Å². The van der Waals surface area contributed by atoms with Crippen molar-refractivity contribution >= 4 is 60.7 Å². The van der Waals surface area contributed by atoms with E-state index in [0.29, 0.717) is 21.4 Å². The van der Waals surface area contributed by atoms with E-state index in [2.05, 4.69) is 56.8 Å². The average Bonchev–Trinajstić information content (AvgIpc) is 3.29. The Morgan fingerprint density at radius 1 is 1.27 bits per heavy atom. The van der Waals surface area contributed by atoms with Gasteiger partial charge < -0.3 is 15.4 Å². The standard InChI is InChI=1S/C19H14Br2N6O3/c20-11-5-10(17(29)13(21)6-11)7-23-8-12(28)9-27-15-4-2-1-3-14(15)24-19(27)16-18(22)26-30-25-16/h1-7,29H,8-9H2,(H2,22,26). The molecule has 0 unspecified atom stereocenters. The molecule has 11 heteroatoms. The van der Waals surface area contributed by atoms with Gasteiger partial charge in [0.1, 0.15) is 5.75 Å². The Bertz CT molecular complexity index is 1280. The van der Waals surface area contributed by atoms with Gasteiger partial charge in [-0.2, -0.15) is 0 Å². The van der Waals surface area contributed by atoms with E-state index in [4.69, 9.17) is 5.73 Å². The zero-order valence-corrected chi connectivity index (χ0v) is 18.5. The Balaban J connectivity index is 1.59. The molecular weight excluding hydrogens is 520 g/mol. The van der Waals surface area contributed by atoms with E-state index in [9.17, 15) is 9.90 Å². The quantitative estimate of drug-likeness (QED) is 0.362. The number of Topliss-reactive ketones (excluding diaryl/α,β-unsaturated/α-hetero) is 1. The zero-order chi connectivity index (χ0) is 21.3. The Labute approximate surface area is 186 Å². The fourth-order valence-corrected chi connectivity index (χ4v) is 4.18. The van der Waals surface area contributed by atoms with Crippen LogP contribution in [-0.4, -0.2) is 43.5 Å². The number of hydrogen-bond acceptors (Lipinski definition) is 8. The number of para-hydroxylation sites is 2. The molecule has 0 bridgehead atoms. The van der Waals surface area contributed by atoms with Gasteiger partial charge in [0.25, 0.3) is 0 Å². The molecule has 2 aromatic heterocycles. The van der Waals surface area contributed by atoms with Crippen molar-refractivity contribution < 1.29 is 14.5 Å². The molecule has 0 radical (unpaired) electrons. The van der Waals surface area contributed by atoms with Crippen molar-refractivity contribution in [3.05, 3.63) is 50.9 Å². The fraction of sp³-hybridized carbons (Fsp3) is 0.105. The number of nitrogens with two attached hydrogens (primary N) is 1.